The zero-order valence-corrected chi connectivity index (χ0v) is 7.46. The molecule has 0 amide bonds. The van der Waals surface area contributed by atoms with E-state index in [4.69, 9.17) is 0 Å². The molecule has 2 heterocycles. The Balaban J connectivity index is 1.96. The lowest BCUT2D eigenvalue weighted by Crippen LogP contribution is -2.03. The van der Waals surface area contributed by atoms with E-state index in [9.17, 15) is 0 Å². The molecule has 2 aromatic rings. The van der Waals surface area contributed by atoms with Crippen LogP contribution < -0.4 is 5.32 Å². The largest absolute Gasteiger partial charge is 0.364 e. The Morgan fingerprint density at radius 3 is 2.93 bits per heavy atom. The normalized spacial score (nSPS) is 9.71. The highest BCUT2D eigenvalue weighted by Gasteiger charge is 1.94. The van der Waals surface area contributed by atoms with Crippen LogP contribution in [0.4, 0.5) is 5.82 Å². The number of rotatable bonds is 3. The molecule has 5 heteroatoms. The molecule has 14 heavy (non-hydrogen) atoms. The Morgan fingerprint density at radius 2 is 2.21 bits per heavy atom. The third kappa shape index (κ3) is 2.22. The summed E-state index contributed by atoms with van der Waals surface area (Å²) in [5.74, 6) is 0.783. The summed E-state index contributed by atoms with van der Waals surface area (Å²) < 4.78 is 0. The average molecular weight is 187 g/mol. The van der Waals surface area contributed by atoms with Crippen LogP contribution in [-0.2, 0) is 6.54 Å². The van der Waals surface area contributed by atoms with Crippen LogP contribution in [0.15, 0.2) is 36.9 Å². The van der Waals surface area contributed by atoms with Gasteiger partial charge in [-0.05, 0) is 18.2 Å². The van der Waals surface area contributed by atoms with Gasteiger partial charge in [0.25, 0.3) is 0 Å². The van der Waals surface area contributed by atoms with Gasteiger partial charge in [-0.3, -0.25) is 0 Å². The zero-order valence-electron chi connectivity index (χ0n) is 7.46. The van der Waals surface area contributed by atoms with E-state index >= 15 is 0 Å². The second kappa shape index (κ2) is 4.27. The van der Waals surface area contributed by atoms with Crippen molar-refractivity contribution in [2.75, 3.05) is 5.32 Å². The highest BCUT2D eigenvalue weighted by molar-refractivity contribution is 5.31. The summed E-state index contributed by atoms with van der Waals surface area (Å²) in [5.41, 5.74) is 0.881. The molecular formula is C9H9N5. The molecule has 0 bridgehead atoms. The summed E-state index contributed by atoms with van der Waals surface area (Å²) in [6.45, 7) is 0.616. The molecule has 0 unspecified atom stereocenters. The van der Waals surface area contributed by atoms with Crippen LogP contribution in [0, 0.1) is 0 Å². The third-order valence-corrected chi connectivity index (χ3v) is 1.66. The number of hydrogen-bond donors (Lipinski definition) is 1. The van der Waals surface area contributed by atoms with Crippen LogP contribution in [0.3, 0.4) is 0 Å². The number of nitrogens with one attached hydrogen (secondary N) is 1. The fourth-order valence-electron chi connectivity index (χ4n) is 1.00. The molecule has 0 saturated heterocycles. The van der Waals surface area contributed by atoms with Gasteiger partial charge in [-0.2, -0.15) is 10.2 Å². The Kier molecular flexibility index (Phi) is 2.61. The van der Waals surface area contributed by atoms with Crippen molar-refractivity contribution in [1.29, 1.82) is 0 Å². The van der Waals surface area contributed by atoms with Crippen LogP contribution >= 0.6 is 0 Å². The highest BCUT2D eigenvalue weighted by Crippen LogP contribution is 2.00. The van der Waals surface area contributed by atoms with E-state index in [1.54, 1.807) is 18.5 Å². The minimum Gasteiger partial charge on any atom is -0.364 e. The Labute approximate surface area is 81.3 Å². The van der Waals surface area contributed by atoms with Crippen LogP contribution in [0.25, 0.3) is 0 Å². The predicted molar refractivity (Wildman–Crippen MR) is 51.4 cm³/mol. The monoisotopic (exact) mass is 187 g/mol. The van der Waals surface area contributed by atoms with Gasteiger partial charge in [0.15, 0.2) is 0 Å². The molecule has 5 nitrogen and oxygen atoms in total. The Bertz CT molecular complexity index is 335. The van der Waals surface area contributed by atoms with Crippen molar-refractivity contribution in [2.45, 2.75) is 6.54 Å². The fraction of sp³-hybridized carbons (Fsp3) is 0.111. The van der Waals surface area contributed by atoms with E-state index in [-0.39, 0.29) is 0 Å². The van der Waals surface area contributed by atoms with Gasteiger partial charge in [0.2, 0.25) is 0 Å². The highest BCUT2D eigenvalue weighted by atomic mass is 15.1. The summed E-state index contributed by atoms with van der Waals surface area (Å²) in [6, 6.07) is 5.56. The third-order valence-electron chi connectivity index (χ3n) is 1.66. The molecule has 1 N–H and O–H groups in total. The lowest BCUT2D eigenvalue weighted by atomic mass is 10.4. The van der Waals surface area contributed by atoms with Crippen LogP contribution in [-0.4, -0.2) is 20.2 Å². The first-order valence-corrected chi connectivity index (χ1v) is 4.21. The summed E-state index contributed by atoms with van der Waals surface area (Å²) >= 11 is 0. The molecule has 0 aromatic carbocycles. The number of hydrogen-bond acceptors (Lipinski definition) is 5. The van der Waals surface area contributed by atoms with E-state index < -0.39 is 0 Å². The maximum atomic E-state index is 4.02. The van der Waals surface area contributed by atoms with Crippen molar-refractivity contribution in [3.05, 3.63) is 42.6 Å². The van der Waals surface area contributed by atoms with Crippen molar-refractivity contribution in [2.24, 2.45) is 0 Å². The molecule has 0 radical (unpaired) electrons. The van der Waals surface area contributed by atoms with E-state index in [0.29, 0.717) is 6.54 Å². The standard InChI is InChI=1S/C9H9N5/c1-2-8(14-13-4-1)6-11-9-3-5-10-7-12-9/h1-5,7H,6H2,(H,10,11,12). The quantitative estimate of drug-likeness (QED) is 0.772. The Morgan fingerprint density at radius 1 is 1.21 bits per heavy atom. The van der Waals surface area contributed by atoms with E-state index in [1.165, 1.54) is 6.33 Å². The topological polar surface area (TPSA) is 63.6 Å². The lowest BCUT2D eigenvalue weighted by molar-refractivity contribution is 0.919. The van der Waals surface area contributed by atoms with E-state index in [1.807, 2.05) is 12.1 Å². The average Bonchev–Trinajstić information content (AvgIpc) is 2.29. The Hall–Kier alpha value is -2.04. The van der Waals surface area contributed by atoms with Gasteiger partial charge in [0, 0.05) is 12.4 Å². The van der Waals surface area contributed by atoms with Crippen LogP contribution in [0.2, 0.25) is 0 Å². The second-order valence-corrected chi connectivity index (χ2v) is 2.66. The molecule has 2 rings (SSSR count). The summed E-state index contributed by atoms with van der Waals surface area (Å²) in [4.78, 5) is 7.84. The summed E-state index contributed by atoms with van der Waals surface area (Å²) in [6.07, 6.45) is 4.83. The predicted octanol–water partition coefficient (Wildman–Crippen LogP) is 0.879. The summed E-state index contributed by atoms with van der Waals surface area (Å²) in [7, 11) is 0. The van der Waals surface area contributed by atoms with Gasteiger partial charge in [0.05, 0.1) is 12.2 Å². The van der Waals surface area contributed by atoms with Crippen LogP contribution in [0.1, 0.15) is 5.69 Å². The molecule has 2 aromatic heterocycles. The maximum absolute atomic E-state index is 4.02. The van der Waals surface area contributed by atoms with Crippen molar-refractivity contribution in [3.8, 4) is 0 Å². The van der Waals surface area contributed by atoms with Gasteiger partial charge in [-0.1, -0.05) is 0 Å². The SMILES string of the molecule is c1cnnc(CNc2ccncn2)c1. The van der Waals surface area contributed by atoms with Gasteiger partial charge in [-0.25, -0.2) is 9.97 Å². The second-order valence-electron chi connectivity index (χ2n) is 2.66. The van der Waals surface area contributed by atoms with Crippen molar-refractivity contribution < 1.29 is 0 Å². The number of anilines is 1. The molecule has 0 aliphatic carbocycles. The summed E-state index contributed by atoms with van der Waals surface area (Å²) in [5, 5.41) is 10.8. The molecule has 0 aliphatic heterocycles. The smallest absolute Gasteiger partial charge is 0.129 e. The lowest BCUT2D eigenvalue weighted by Gasteiger charge is -2.02. The van der Waals surface area contributed by atoms with Crippen molar-refractivity contribution in [1.82, 2.24) is 20.2 Å². The molecule has 0 saturated carbocycles. The minimum atomic E-state index is 0.616. The zero-order chi connectivity index (χ0) is 9.64. The maximum Gasteiger partial charge on any atom is 0.129 e. The molecule has 0 aliphatic rings. The van der Waals surface area contributed by atoms with Gasteiger partial charge in [-0.15, -0.1) is 0 Å². The first kappa shape index (κ1) is 8.55. The molecular weight excluding hydrogens is 178 g/mol. The molecule has 0 spiro atoms. The molecule has 0 atom stereocenters. The molecule has 0 fully saturated rings. The first-order valence-electron chi connectivity index (χ1n) is 4.21. The van der Waals surface area contributed by atoms with E-state index in [2.05, 4.69) is 25.5 Å². The van der Waals surface area contributed by atoms with Gasteiger partial charge < -0.3 is 5.32 Å². The van der Waals surface area contributed by atoms with Crippen molar-refractivity contribution in [3.63, 3.8) is 0 Å². The minimum absolute atomic E-state index is 0.616. The van der Waals surface area contributed by atoms with Gasteiger partial charge in [0.1, 0.15) is 12.1 Å². The van der Waals surface area contributed by atoms with Crippen molar-refractivity contribution >= 4 is 5.82 Å². The van der Waals surface area contributed by atoms with E-state index in [0.717, 1.165) is 11.5 Å². The van der Waals surface area contributed by atoms with Gasteiger partial charge >= 0.3 is 0 Å². The van der Waals surface area contributed by atoms with Crippen LogP contribution in [0.5, 0.6) is 0 Å². The number of nitrogens with zero attached hydrogens (tertiary/aromatic N) is 4. The fourth-order valence-corrected chi connectivity index (χ4v) is 1.00. The number of aromatic nitrogens is 4. The molecule has 70 valence electrons. The first-order chi connectivity index (χ1) is 6.95.